The Morgan fingerprint density at radius 2 is 1.70 bits per heavy atom. The fraction of sp³-hybridized carbons (Fsp3) is 0.333. The number of rotatable bonds is 5. The molecule has 20 heavy (non-hydrogen) atoms. The lowest BCUT2D eigenvalue weighted by molar-refractivity contribution is 0.542. The lowest BCUT2D eigenvalue weighted by atomic mass is 9.97. The molecule has 2 rings (SSSR count). The van der Waals surface area contributed by atoms with Crippen LogP contribution >= 0.6 is 0 Å². The molecule has 0 radical (unpaired) electrons. The second-order valence-electron chi connectivity index (χ2n) is 5.36. The molecule has 1 N–H and O–H groups in total. The van der Waals surface area contributed by atoms with Crippen LogP contribution in [0.5, 0.6) is 0 Å². The van der Waals surface area contributed by atoms with Crippen molar-refractivity contribution in [3.8, 4) is 0 Å². The highest BCUT2D eigenvalue weighted by atomic mass is 19.1. The molecule has 0 spiro atoms. The normalized spacial score (nSPS) is 12.4. The van der Waals surface area contributed by atoms with Crippen LogP contribution in [-0.2, 0) is 6.42 Å². The minimum Gasteiger partial charge on any atom is -0.310 e. The standard InChI is InChI=1S/C18H22FN/c1-4-20-18(11-15-7-5-13(2)6-8-15)16-9-14(3)10-17(19)12-16/h5-10,12,18,20H,4,11H2,1-3H3. The first-order valence-electron chi connectivity index (χ1n) is 7.14. The van der Waals surface area contributed by atoms with Gasteiger partial charge in [-0.1, -0.05) is 42.8 Å². The smallest absolute Gasteiger partial charge is 0.123 e. The largest absolute Gasteiger partial charge is 0.310 e. The maximum Gasteiger partial charge on any atom is 0.123 e. The van der Waals surface area contributed by atoms with E-state index in [0.717, 1.165) is 24.1 Å². The maximum atomic E-state index is 13.6. The van der Waals surface area contributed by atoms with Crippen LogP contribution in [0, 0.1) is 19.7 Å². The highest BCUT2D eigenvalue weighted by molar-refractivity contribution is 5.29. The lowest BCUT2D eigenvalue weighted by Gasteiger charge is -2.19. The summed E-state index contributed by atoms with van der Waals surface area (Å²) in [5, 5.41) is 3.45. The van der Waals surface area contributed by atoms with Crippen molar-refractivity contribution in [3.63, 3.8) is 0 Å². The third kappa shape index (κ3) is 3.91. The summed E-state index contributed by atoms with van der Waals surface area (Å²) in [4.78, 5) is 0. The van der Waals surface area contributed by atoms with Gasteiger partial charge >= 0.3 is 0 Å². The topological polar surface area (TPSA) is 12.0 Å². The molecule has 2 aromatic rings. The zero-order chi connectivity index (χ0) is 14.5. The van der Waals surface area contributed by atoms with Crippen molar-refractivity contribution in [2.75, 3.05) is 6.54 Å². The average Bonchev–Trinajstić information content (AvgIpc) is 2.39. The number of likely N-dealkylation sites (N-methyl/N-ethyl adjacent to an activating group) is 1. The van der Waals surface area contributed by atoms with Crippen molar-refractivity contribution < 1.29 is 4.39 Å². The summed E-state index contributed by atoms with van der Waals surface area (Å²) >= 11 is 0. The molecule has 106 valence electrons. The van der Waals surface area contributed by atoms with Crippen molar-refractivity contribution in [2.45, 2.75) is 33.2 Å². The van der Waals surface area contributed by atoms with E-state index in [9.17, 15) is 4.39 Å². The first-order valence-corrected chi connectivity index (χ1v) is 7.14. The molecule has 0 amide bonds. The number of hydrogen-bond donors (Lipinski definition) is 1. The van der Waals surface area contributed by atoms with Crippen LogP contribution in [0.3, 0.4) is 0 Å². The molecule has 0 saturated carbocycles. The molecule has 1 atom stereocenters. The van der Waals surface area contributed by atoms with Crippen molar-refractivity contribution in [1.82, 2.24) is 5.32 Å². The first kappa shape index (κ1) is 14.7. The van der Waals surface area contributed by atoms with Crippen molar-refractivity contribution >= 4 is 0 Å². The van der Waals surface area contributed by atoms with Gasteiger partial charge in [-0.3, -0.25) is 0 Å². The zero-order valence-corrected chi connectivity index (χ0v) is 12.4. The molecular formula is C18H22FN. The monoisotopic (exact) mass is 271 g/mol. The zero-order valence-electron chi connectivity index (χ0n) is 12.4. The Hall–Kier alpha value is -1.67. The van der Waals surface area contributed by atoms with E-state index >= 15 is 0 Å². The van der Waals surface area contributed by atoms with Gasteiger partial charge in [-0.05, 0) is 55.6 Å². The van der Waals surface area contributed by atoms with Gasteiger partial charge in [0.05, 0.1) is 0 Å². The molecule has 0 aliphatic heterocycles. The maximum absolute atomic E-state index is 13.6. The van der Waals surface area contributed by atoms with Crippen LogP contribution in [0.4, 0.5) is 4.39 Å². The van der Waals surface area contributed by atoms with Crippen LogP contribution in [-0.4, -0.2) is 6.54 Å². The summed E-state index contributed by atoms with van der Waals surface area (Å²) in [6.07, 6.45) is 0.872. The fourth-order valence-electron chi connectivity index (χ4n) is 2.48. The van der Waals surface area contributed by atoms with E-state index < -0.39 is 0 Å². The molecule has 1 unspecified atom stereocenters. The Kier molecular flexibility index (Phi) is 4.91. The third-order valence-corrected chi connectivity index (χ3v) is 3.48. The molecule has 0 fully saturated rings. The molecule has 0 heterocycles. The molecule has 0 saturated heterocycles. The highest BCUT2D eigenvalue weighted by Crippen LogP contribution is 2.21. The van der Waals surface area contributed by atoms with E-state index in [4.69, 9.17) is 0 Å². The Morgan fingerprint density at radius 1 is 1.00 bits per heavy atom. The average molecular weight is 271 g/mol. The van der Waals surface area contributed by atoms with E-state index in [2.05, 4.69) is 49.5 Å². The first-order chi connectivity index (χ1) is 9.58. The molecule has 2 heteroatoms. The van der Waals surface area contributed by atoms with Gasteiger partial charge in [0.2, 0.25) is 0 Å². The van der Waals surface area contributed by atoms with Crippen LogP contribution in [0.25, 0.3) is 0 Å². The van der Waals surface area contributed by atoms with Crippen LogP contribution in [0.1, 0.15) is 35.2 Å². The lowest BCUT2D eigenvalue weighted by Crippen LogP contribution is -2.23. The van der Waals surface area contributed by atoms with Crippen molar-refractivity contribution in [3.05, 3.63) is 70.5 Å². The summed E-state index contributed by atoms with van der Waals surface area (Å²) in [5.74, 6) is -0.160. The number of aryl methyl sites for hydroxylation is 2. The van der Waals surface area contributed by atoms with E-state index in [1.54, 1.807) is 12.1 Å². The van der Waals surface area contributed by atoms with Crippen molar-refractivity contribution in [1.29, 1.82) is 0 Å². The Labute approximate surface area is 120 Å². The van der Waals surface area contributed by atoms with Gasteiger partial charge in [0, 0.05) is 6.04 Å². The van der Waals surface area contributed by atoms with Gasteiger partial charge in [-0.2, -0.15) is 0 Å². The van der Waals surface area contributed by atoms with E-state index in [0.29, 0.717) is 0 Å². The van der Waals surface area contributed by atoms with Crippen LogP contribution < -0.4 is 5.32 Å². The number of hydrogen-bond acceptors (Lipinski definition) is 1. The second kappa shape index (κ2) is 6.67. The molecular weight excluding hydrogens is 249 g/mol. The summed E-state index contributed by atoms with van der Waals surface area (Å²) in [6.45, 7) is 6.96. The molecule has 0 aromatic heterocycles. The SMILES string of the molecule is CCNC(Cc1ccc(C)cc1)c1cc(C)cc(F)c1. The highest BCUT2D eigenvalue weighted by Gasteiger charge is 2.12. The number of benzene rings is 2. The van der Waals surface area contributed by atoms with Crippen molar-refractivity contribution in [2.24, 2.45) is 0 Å². The molecule has 0 bridgehead atoms. The molecule has 2 aromatic carbocycles. The van der Waals surface area contributed by atoms with Crippen LogP contribution in [0.15, 0.2) is 42.5 Å². The molecule has 0 aliphatic rings. The van der Waals surface area contributed by atoms with Gasteiger partial charge in [0.15, 0.2) is 0 Å². The van der Waals surface area contributed by atoms with E-state index in [1.165, 1.54) is 11.1 Å². The second-order valence-corrected chi connectivity index (χ2v) is 5.36. The van der Waals surface area contributed by atoms with Gasteiger partial charge < -0.3 is 5.32 Å². The molecule has 0 aliphatic carbocycles. The van der Waals surface area contributed by atoms with Gasteiger partial charge in [0.1, 0.15) is 5.82 Å². The predicted octanol–water partition coefficient (Wildman–Crippen LogP) is 4.34. The third-order valence-electron chi connectivity index (χ3n) is 3.48. The van der Waals surface area contributed by atoms with Gasteiger partial charge in [0.25, 0.3) is 0 Å². The fourth-order valence-corrected chi connectivity index (χ4v) is 2.48. The minimum atomic E-state index is -0.160. The summed E-state index contributed by atoms with van der Waals surface area (Å²) in [5.41, 5.74) is 4.51. The quantitative estimate of drug-likeness (QED) is 0.853. The summed E-state index contributed by atoms with van der Waals surface area (Å²) in [7, 11) is 0. The molecule has 1 nitrogen and oxygen atoms in total. The Bertz CT molecular complexity index is 540. The predicted molar refractivity (Wildman–Crippen MR) is 82.4 cm³/mol. The summed E-state index contributed by atoms with van der Waals surface area (Å²) in [6, 6.07) is 13.9. The Morgan fingerprint density at radius 3 is 2.30 bits per heavy atom. The number of nitrogens with one attached hydrogen (secondary N) is 1. The van der Waals surface area contributed by atoms with Crippen LogP contribution in [0.2, 0.25) is 0 Å². The number of halogens is 1. The van der Waals surface area contributed by atoms with Gasteiger partial charge in [-0.15, -0.1) is 0 Å². The van der Waals surface area contributed by atoms with Gasteiger partial charge in [-0.25, -0.2) is 4.39 Å². The minimum absolute atomic E-state index is 0.150. The van der Waals surface area contributed by atoms with E-state index in [1.807, 2.05) is 6.92 Å². The summed E-state index contributed by atoms with van der Waals surface area (Å²) < 4.78 is 13.6. The Balaban J connectivity index is 2.23. The van der Waals surface area contributed by atoms with E-state index in [-0.39, 0.29) is 11.9 Å².